The molecule has 3 aliphatic rings. The quantitative estimate of drug-likeness (QED) is 0.166. The number of aromatic nitrogens is 3. The van der Waals surface area contributed by atoms with E-state index in [9.17, 15) is 32.7 Å². The molecule has 1 saturated carbocycles. The zero-order valence-corrected chi connectivity index (χ0v) is 31.9. The number of fused-ring (bicyclic) bond motifs is 2. The van der Waals surface area contributed by atoms with Crippen molar-refractivity contribution in [1.29, 1.82) is 0 Å². The van der Waals surface area contributed by atoms with Crippen molar-refractivity contribution in [1.82, 2.24) is 19.4 Å². The summed E-state index contributed by atoms with van der Waals surface area (Å²) in [5.41, 5.74) is -0.302. The molecule has 14 nitrogen and oxygen atoms in total. The molecule has 0 atom stereocenters. The van der Waals surface area contributed by atoms with Gasteiger partial charge in [-0.2, -0.15) is 18.1 Å². The van der Waals surface area contributed by atoms with Gasteiger partial charge in [-0.05, 0) is 97.2 Å². The molecular formula is C39H44F3N7O7. The fourth-order valence-electron chi connectivity index (χ4n) is 7.14. The second-order valence-electron chi connectivity index (χ2n) is 16.1. The first-order valence-corrected chi connectivity index (χ1v) is 18.4. The van der Waals surface area contributed by atoms with Crippen molar-refractivity contribution in [3.8, 4) is 22.6 Å². The predicted octanol–water partition coefficient (Wildman–Crippen LogP) is 8.70. The van der Waals surface area contributed by atoms with Gasteiger partial charge in [0, 0.05) is 48.6 Å². The van der Waals surface area contributed by atoms with Gasteiger partial charge in [0.1, 0.15) is 40.8 Å². The van der Waals surface area contributed by atoms with Crippen LogP contribution in [0.3, 0.4) is 0 Å². The fraction of sp³-hybridized carbons (Fsp3) is 0.462. The highest BCUT2D eigenvalue weighted by atomic mass is 19.4. The third-order valence-electron chi connectivity index (χ3n) is 9.79. The molecule has 298 valence electrons. The Hall–Kier alpha value is -5.58. The van der Waals surface area contributed by atoms with Crippen LogP contribution in [0.15, 0.2) is 42.9 Å². The van der Waals surface area contributed by atoms with Crippen LogP contribution in [0.25, 0.3) is 22.2 Å². The molecule has 2 fully saturated rings. The molecule has 0 radical (unpaired) electrons. The Labute approximate surface area is 320 Å². The minimum atomic E-state index is -4.73. The summed E-state index contributed by atoms with van der Waals surface area (Å²) in [7, 11) is 1.95. The van der Waals surface area contributed by atoms with Gasteiger partial charge in [0.25, 0.3) is 0 Å². The van der Waals surface area contributed by atoms with Crippen molar-refractivity contribution in [2.45, 2.75) is 96.2 Å². The Morgan fingerprint density at radius 2 is 1.71 bits per heavy atom. The topological polar surface area (TPSA) is 160 Å². The van der Waals surface area contributed by atoms with E-state index in [1.165, 1.54) is 18.5 Å². The Morgan fingerprint density at radius 3 is 2.36 bits per heavy atom. The molecule has 2 aromatic heterocycles. The second kappa shape index (κ2) is 14.2. The average Bonchev–Trinajstić information content (AvgIpc) is 3.77. The van der Waals surface area contributed by atoms with Gasteiger partial charge >= 0.3 is 24.4 Å². The number of rotatable bonds is 7. The number of hydrogen-bond acceptors (Lipinski definition) is 9. The van der Waals surface area contributed by atoms with E-state index in [0.29, 0.717) is 70.7 Å². The minimum absolute atomic E-state index is 0.0894. The van der Waals surface area contributed by atoms with Crippen molar-refractivity contribution >= 4 is 46.4 Å². The van der Waals surface area contributed by atoms with E-state index in [4.69, 9.17) is 14.2 Å². The minimum Gasteiger partial charge on any atom is -0.490 e. The number of nitrogens with one attached hydrogen (secondary N) is 2. The highest BCUT2D eigenvalue weighted by molar-refractivity contribution is 6.15. The van der Waals surface area contributed by atoms with Gasteiger partial charge in [-0.1, -0.05) is 6.07 Å². The average molecular weight is 780 g/mol. The first-order valence-electron chi connectivity index (χ1n) is 18.4. The Morgan fingerprint density at radius 1 is 1.00 bits per heavy atom. The number of urea groups is 1. The number of imide groups is 1. The van der Waals surface area contributed by atoms with Crippen molar-refractivity contribution in [3.63, 3.8) is 0 Å². The number of anilines is 3. The molecule has 1 saturated heterocycles. The van der Waals surface area contributed by atoms with Gasteiger partial charge < -0.3 is 39.4 Å². The molecule has 2 aliphatic heterocycles. The molecule has 0 bridgehead atoms. The summed E-state index contributed by atoms with van der Waals surface area (Å²) in [6, 6.07) is 6.06. The Kier molecular flexibility index (Phi) is 9.79. The van der Waals surface area contributed by atoms with Gasteiger partial charge in [-0.25, -0.2) is 24.4 Å². The highest BCUT2D eigenvalue weighted by Crippen LogP contribution is 2.50. The number of ether oxygens (including phenoxy) is 3. The predicted molar refractivity (Wildman–Crippen MR) is 202 cm³/mol. The van der Waals surface area contributed by atoms with Gasteiger partial charge in [0.15, 0.2) is 5.82 Å². The molecule has 4 heterocycles. The van der Waals surface area contributed by atoms with E-state index in [0.717, 1.165) is 18.9 Å². The van der Waals surface area contributed by atoms with Gasteiger partial charge in [-0.3, -0.25) is 0 Å². The third kappa shape index (κ3) is 8.03. The van der Waals surface area contributed by atoms with Crippen molar-refractivity contribution in [2.24, 2.45) is 0 Å². The smallest absolute Gasteiger partial charge is 0.425 e. The summed E-state index contributed by atoms with van der Waals surface area (Å²) in [6.07, 6.45) is -1.41. The molecule has 2 aromatic carbocycles. The van der Waals surface area contributed by atoms with Crippen molar-refractivity contribution < 1.29 is 46.9 Å². The van der Waals surface area contributed by atoms with E-state index in [1.807, 2.05) is 31.7 Å². The zero-order chi connectivity index (χ0) is 40.3. The number of amides is 4. The number of likely N-dealkylation sites (tertiary alicyclic amines) is 1. The first-order chi connectivity index (χ1) is 26.3. The van der Waals surface area contributed by atoms with Gasteiger partial charge in [-0.15, -0.1) is 0 Å². The molecule has 3 N–H and O–H groups in total. The lowest BCUT2D eigenvalue weighted by molar-refractivity contribution is -0.139. The molecule has 56 heavy (non-hydrogen) atoms. The number of piperidine rings is 1. The van der Waals surface area contributed by atoms with E-state index in [-0.39, 0.29) is 35.1 Å². The first kappa shape index (κ1) is 38.7. The van der Waals surface area contributed by atoms with Crippen LogP contribution in [0, 0.1) is 0 Å². The van der Waals surface area contributed by atoms with Crippen molar-refractivity contribution in [2.75, 3.05) is 35.7 Å². The van der Waals surface area contributed by atoms with Crippen LogP contribution in [-0.2, 0) is 17.3 Å². The van der Waals surface area contributed by atoms with Crippen LogP contribution >= 0.6 is 0 Å². The van der Waals surface area contributed by atoms with Crippen LogP contribution < -0.4 is 25.0 Å². The molecule has 7 rings (SSSR count). The number of carbonyl (C=O) groups is 3. The normalized spacial score (nSPS) is 17.2. The fourth-order valence-corrected chi connectivity index (χ4v) is 7.14. The lowest BCUT2D eigenvalue weighted by atomic mass is 9.93. The third-order valence-corrected chi connectivity index (χ3v) is 9.79. The van der Waals surface area contributed by atoms with Crippen LogP contribution in [0.2, 0.25) is 0 Å². The SMILES string of the molecule is CN1CCC(Oc2ccc(NC(=O)Nc3ccc(-c4cn(C5CC5)c5ncnc(N(C(=O)O)C(=O)OC(C)(C)C)c45)c4c3OC(C)(C)C4)cc2C(F)(F)F)CC1. The Balaban J connectivity index is 1.22. The number of nitrogens with zero attached hydrogens (tertiary/aromatic N) is 5. The summed E-state index contributed by atoms with van der Waals surface area (Å²) >= 11 is 0. The summed E-state index contributed by atoms with van der Waals surface area (Å²) in [5.74, 6) is -0.148. The number of hydrogen-bond donors (Lipinski definition) is 3. The molecule has 17 heteroatoms. The van der Waals surface area contributed by atoms with Gasteiger partial charge in [0.05, 0.1) is 16.6 Å². The van der Waals surface area contributed by atoms with Crippen LogP contribution in [0.5, 0.6) is 11.5 Å². The summed E-state index contributed by atoms with van der Waals surface area (Å²) < 4.78 is 62.1. The Bertz CT molecular complexity index is 2200. The lowest BCUT2D eigenvalue weighted by Crippen LogP contribution is -2.40. The second-order valence-corrected chi connectivity index (χ2v) is 16.1. The zero-order valence-electron chi connectivity index (χ0n) is 31.9. The monoisotopic (exact) mass is 779 g/mol. The van der Waals surface area contributed by atoms with Gasteiger partial charge in [0.2, 0.25) is 0 Å². The molecule has 0 unspecified atom stereocenters. The lowest BCUT2D eigenvalue weighted by Gasteiger charge is -2.30. The largest absolute Gasteiger partial charge is 0.490 e. The number of carboxylic acid groups (broad SMARTS) is 1. The molecule has 0 spiro atoms. The summed E-state index contributed by atoms with van der Waals surface area (Å²) in [4.78, 5) is 50.6. The number of alkyl halides is 3. The number of carbonyl (C=O) groups excluding carboxylic acids is 2. The standard InChI is InChI=1S/C39H44F3N7O7/c1-37(2,3)56-36(53)49(35(51)52)33-30-26(19-48(22-8-9-22)32(30)43-20-44-33)24-10-11-28(31-25(24)18-38(4,5)55-31)46-34(50)45-21-7-12-29(27(17-21)39(40,41)42)54-23-13-15-47(6)16-14-23/h7,10-12,17,19-20,22-23H,8-9,13-16,18H2,1-6H3,(H,51,52)(H2,45,46,50). The van der Waals surface area contributed by atoms with Crippen LogP contribution in [0.4, 0.5) is 44.7 Å². The maximum Gasteiger partial charge on any atom is 0.425 e. The molecule has 4 aromatic rings. The summed E-state index contributed by atoms with van der Waals surface area (Å²) in [6.45, 7) is 10.0. The highest BCUT2D eigenvalue weighted by Gasteiger charge is 2.39. The maximum absolute atomic E-state index is 14.2. The maximum atomic E-state index is 14.2. The van der Waals surface area contributed by atoms with E-state index in [1.54, 1.807) is 32.9 Å². The van der Waals surface area contributed by atoms with Crippen molar-refractivity contribution in [3.05, 3.63) is 54.0 Å². The van der Waals surface area contributed by atoms with Crippen LogP contribution in [0.1, 0.15) is 77.5 Å². The number of halogens is 3. The summed E-state index contributed by atoms with van der Waals surface area (Å²) in [5, 5.41) is 15.8. The number of benzene rings is 2. The van der Waals surface area contributed by atoms with E-state index >= 15 is 0 Å². The molecule has 1 aliphatic carbocycles. The van der Waals surface area contributed by atoms with Crippen LogP contribution in [-0.4, -0.2) is 80.2 Å². The molecular weight excluding hydrogens is 735 g/mol. The molecule has 4 amide bonds. The van der Waals surface area contributed by atoms with E-state index < -0.39 is 41.2 Å². The van der Waals surface area contributed by atoms with E-state index in [2.05, 4.69) is 25.5 Å².